The molecule has 0 aliphatic heterocycles. The van der Waals surface area contributed by atoms with Crippen LogP contribution >= 0.6 is 53.5 Å². The molecule has 0 aromatic heterocycles. The van der Waals surface area contributed by atoms with Crippen LogP contribution in [0.1, 0.15) is 0 Å². The van der Waals surface area contributed by atoms with Crippen molar-refractivity contribution in [2.24, 2.45) is 0 Å². The predicted octanol–water partition coefficient (Wildman–Crippen LogP) is 5.22. The molecule has 0 saturated heterocycles. The van der Waals surface area contributed by atoms with Gasteiger partial charge in [0.05, 0.1) is 8.95 Å². The van der Waals surface area contributed by atoms with Gasteiger partial charge in [0.2, 0.25) is 0 Å². The van der Waals surface area contributed by atoms with Gasteiger partial charge in [0, 0.05) is 17.4 Å². The first kappa shape index (κ1) is 25.2. The van der Waals surface area contributed by atoms with E-state index in [0.29, 0.717) is 0 Å². The van der Waals surface area contributed by atoms with Gasteiger partial charge in [-0.25, -0.2) is 0 Å². The second kappa shape index (κ2) is 15.6. The van der Waals surface area contributed by atoms with Crippen molar-refractivity contribution in [3.8, 4) is 11.5 Å². The van der Waals surface area contributed by atoms with Gasteiger partial charge in [-0.2, -0.15) is 0 Å². The van der Waals surface area contributed by atoms with Crippen molar-refractivity contribution in [2.75, 3.05) is 6.66 Å². The Balaban J connectivity index is -0.000000236. The fraction of sp³-hybridized carbons (Fsp3) is 0.0769. The van der Waals surface area contributed by atoms with E-state index in [9.17, 15) is 0 Å². The van der Waals surface area contributed by atoms with Crippen molar-refractivity contribution in [1.29, 1.82) is 0 Å². The number of para-hydroxylation sites is 2. The van der Waals surface area contributed by atoms with Crippen LogP contribution in [0, 0.1) is 0 Å². The molecule has 0 bridgehead atoms. The molecular weight excluding hydrogens is 466 g/mol. The number of halogens is 3. The Labute approximate surface area is 156 Å². The summed E-state index contributed by atoms with van der Waals surface area (Å²) in [7, 11) is 2.42. The minimum atomic E-state index is 0. The molecule has 112 valence electrons. The summed E-state index contributed by atoms with van der Waals surface area (Å²) in [5.74, 6) is 0.569. The fourth-order valence-electron chi connectivity index (χ4n) is 0.903. The summed E-state index contributed by atoms with van der Waals surface area (Å²) in [5.41, 5.74) is 0. The maximum Gasteiger partial charge on any atom is 0.129 e. The largest absolute Gasteiger partial charge is 0.507 e. The van der Waals surface area contributed by atoms with E-state index in [1.165, 1.54) is 0 Å². The molecule has 20 heavy (non-hydrogen) atoms. The Morgan fingerprint density at radius 2 is 1.00 bits per heavy atom. The van der Waals surface area contributed by atoms with Crippen molar-refractivity contribution >= 4 is 53.5 Å². The van der Waals surface area contributed by atoms with E-state index >= 15 is 0 Å². The SMILES string of the molecule is CP.Cl.Oc1ccccc1Br.Oc1ccccc1Br.[Cr]. The van der Waals surface area contributed by atoms with Crippen molar-refractivity contribution in [2.45, 2.75) is 0 Å². The third-order valence-corrected chi connectivity index (χ3v) is 3.05. The monoisotopic (exact) mass is 480 g/mol. The first-order valence-corrected chi connectivity index (χ1v) is 7.80. The zero-order valence-corrected chi connectivity index (χ0v) is 17.1. The van der Waals surface area contributed by atoms with Gasteiger partial charge in [0.15, 0.2) is 0 Å². The maximum atomic E-state index is 8.87. The normalized spacial score (nSPS) is 7.60. The molecule has 2 nitrogen and oxygen atoms in total. The molecule has 2 aromatic carbocycles. The summed E-state index contributed by atoms with van der Waals surface area (Å²) in [6.45, 7) is 1.92. The number of rotatable bonds is 0. The minimum absolute atomic E-state index is 0. The van der Waals surface area contributed by atoms with Gasteiger partial charge in [-0.05, 0) is 56.1 Å². The summed E-state index contributed by atoms with van der Waals surface area (Å²) in [6, 6.07) is 14.1. The van der Waals surface area contributed by atoms with Crippen molar-refractivity contribution in [1.82, 2.24) is 0 Å². The van der Waals surface area contributed by atoms with Crippen molar-refractivity contribution < 1.29 is 27.6 Å². The van der Waals surface area contributed by atoms with Crippen LogP contribution in [-0.2, 0) is 17.4 Å². The molecule has 0 fully saturated rings. The van der Waals surface area contributed by atoms with E-state index in [1.807, 2.05) is 18.8 Å². The van der Waals surface area contributed by atoms with Crippen LogP contribution in [0.3, 0.4) is 0 Å². The molecule has 2 rings (SSSR count). The van der Waals surface area contributed by atoms with E-state index in [-0.39, 0.29) is 41.3 Å². The standard InChI is InChI=1S/2C6H5BrO.CH5P.ClH.Cr/c2*7-5-3-1-2-4-6(5)8;1-2;;/h2*1-4,8H;2H2,1H3;1H;. The summed E-state index contributed by atoms with van der Waals surface area (Å²) >= 11 is 6.29. The Bertz CT molecular complexity index is 390. The van der Waals surface area contributed by atoms with Gasteiger partial charge in [0.1, 0.15) is 11.5 Å². The Kier molecular flexibility index (Phi) is 19.7. The number of hydrogen-bond donors (Lipinski definition) is 2. The first-order valence-electron chi connectivity index (χ1n) is 5.06. The average molecular weight is 483 g/mol. The van der Waals surface area contributed by atoms with E-state index < -0.39 is 0 Å². The fourth-order valence-corrected chi connectivity index (χ4v) is 1.47. The number of phenolic OH excluding ortho intramolecular Hbond substituents is 2. The molecule has 0 saturated carbocycles. The van der Waals surface area contributed by atoms with Crippen molar-refractivity contribution in [3.63, 3.8) is 0 Å². The van der Waals surface area contributed by atoms with Crippen molar-refractivity contribution in [3.05, 3.63) is 57.5 Å². The molecule has 2 aromatic rings. The van der Waals surface area contributed by atoms with Crippen LogP contribution in [-0.4, -0.2) is 16.9 Å². The Morgan fingerprint density at radius 1 is 0.750 bits per heavy atom. The molecule has 1 unspecified atom stereocenters. The van der Waals surface area contributed by atoms with Crippen LogP contribution in [0.15, 0.2) is 57.5 Å². The van der Waals surface area contributed by atoms with Gasteiger partial charge < -0.3 is 10.2 Å². The molecule has 1 atom stereocenters. The predicted molar refractivity (Wildman–Crippen MR) is 94.5 cm³/mol. The molecule has 7 heteroatoms. The van der Waals surface area contributed by atoms with E-state index in [0.717, 1.165) is 8.95 Å². The minimum Gasteiger partial charge on any atom is -0.507 e. The molecule has 0 heterocycles. The molecule has 0 radical (unpaired) electrons. The maximum absolute atomic E-state index is 8.87. The van der Waals surface area contributed by atoms with Gasteiger partial charge in [-0.1, -0.05) is 30.9 Å². The summed E-state index contributed by atoms with van der Waals surface area (Å²) in [5, 5.41) is 17.7. The summed E-state index contributed by atoms with van der Waals surface area (Å²) in [4.78, 5) is 0. The molecule has 0 spiro atoms. The quantitative estimate of drug-likeness (QED) is 0.506. The van der Waals surface area contributed by atoms with Crippen LogP contribution in [0.25, 0.3) is 0 Å². The summed E-state index contributed by atoms with van der Waals surface area (Å²) in [6.07, 6.45) is 0. The Morgan fingerprint density at radius 3 is 1.15 bits per heavy atom. The second-order valence-electron chi connectivity index (χ2n) is 2.90. The third-order valence-electron chi connectivity index (χ3n) is 1.70. The molecule has 0 aliphatic rings. The van der Waals surface area contributed by atoms with Crippen LogP contribution in [0.4, 0.5) is 0 Å². The molecule has 0 amide bonds. The van der Waals surface area contributed by atoms with E-state index in [2.05, 4.69) is 41.1 Å². The molecule has 2 N–H and O–H groups in total. The Hall–Kier alpha value is 0.252. The zero-order chi connectivity index (χ0) is 14.0. The van der Waals surface area contributed by atoms with E-state index in [4.69, 9.17) is 10.2 Å². The third kappa shape index (κ3) is 11.0. The number of aromatic hydroxyl groups is 2. The van der Waals surface area contributed by atoms with Crippen LogP contribution < -0.4 is 0 Å². The molecular formula is C13H16Br2ClCrO2P. The van der Waals surface area contributed by atoms with Crippen LogP contribution in [0.5, 0.6) is 11.5 Å². The van der Waals surface area contributed by atoms with Gasteiger partial charge in [0.25, 0.3) is 0 Å². The molecule has 0 aliphatic carbocycles. The number of hydrogen-bond acceptors (Lipinski definition) is 2. The van der Waals surface area contributed by atoms with Crippen LogP contribution in [0.2, 0.25) is 0 Å². The average Bonchev–Trinajstić information content (AvgIpc) is 2.40. The summed E-state index contributed by atoms with van der Waals surface area (Å²) < 4.78 is 1.47. The smallest absolute Gasteiger partial charge is 0.129 e. The van der Waals surface area contributed by atoms with E-state index in [1.54, 1.807) is 36.4 Å². The van der Waals surface area contributed by atoms with Gasteiger partial charge in [-0.15, -0.1) is 21.6 Å². The number of benzene rings is 2. The number of phenols is 2. The topological polar surface area (TPSA) is 40.5 Å². The first-order chi connectivity index (χ1) is 8.61. The van der Waals surface area contributed by atoms with Gasteiger partial charge >= 0.3 is 0 Å². The second-order valence-corrected chi connectivity index (χ2v) is 4.61. The van der Waals surface area contributed by atoms with Gasteiger partial charge in [-0.3, -0.25) is 0 Å². The zero-order valence-electron chi connectivity index (χ0n) is 10.7.